The van der Waals surface area contributed by atoms with Crippen molar-refractivity contribution in [2.75, 3.05) is 36.6 Å². The van der Waals surface area contributed by atoms with Crippen molar-refractivity contribution in [3.63, 3.8) is 0 Å². The van der Waals surface area contributed by atoms with Gasteiger partial charge in [0.2, 0.25) is 0 Å². The Morgan fingerprint density at radius 1 is 1.17 bits per heavy atom. The van der Waals surface area contributed by atoms with E-state index in [1.54, 1.807) is 0 Å². The van der Waals surface area contributed by atoms with Crippen LogP contribution in [-0.4, -0.2) is 83.2 Å². The van der Waals surface area contributed by atoms with Crippen LogP contribution in [0.1, 0.15) is 90.3 Å². The van der Waals surface area contributed by atoms with E-state index < -0.39 is 6.09 Å². The van der Waals surface area contributed by atoms with E-state index >= 15 is 0 Å². The van der Waals surface area contributed by atoms with Crippen LogP contribution in [-0.2, 0) is 4.74 Å². The Hall–Kier alpha value is -2.79. The van der Waals surface area contributed by atoms with Gasteiger partial charge in [0.15, 0.2) is 23.3 Å². The second-order valence-electron chi connectivity index (χ2n) is 12.7. The van der Waals surface area contributed by atoms with Crippen molar-refractivity contribution in [3.05, 3.63) is 5.82 Å². The number of rotatable bonds is 10. The minimum Gasteiger partial charge on any atom is -0.465 e. The molecule has 1 amide bonds. The zero-order chi connectivity index (χ0) is 28.9. The first-order valence-electron chi connectivity index (χ1n) is 15.7. The molecule has 5 rings (SSSR count). The maximum atomic E-state index is 11.3. The zero-order valence-corrected chi connectivity index (χ0v) is 24.8. The fourth-order valence-corrected chi connectivity index (χ4v) is 7.11. The molecule has 1 saturated heterocycles. The molecule has 41 heavy (non-hydrogen) atoms. The predicted molar refractivity (Wildman–Crippen MR) is 162 cm³/mol. The highest BCUT2D eigenvalue weighted by Crippen LogP contribution is 2.40. The summed E-state index contributed by atoms with van der Waals surface area (Å²) in [5.41, 5.74) is 0.801. The molecule has 0 bridgehead atoms. The average molecular weight is 569 g/mol. The van der Waals surface area contributed by atoms with Crippen LogP contribution in [0, 0.1) is 23.2 Å². The van der Waals surface area contributed by atoms with Crippen LogP contribution in [0.2, 0.25) is 0 Å². The highest BCUT2D eigenvalue weighted by Gasteiger charge is 2.37. The molecule has 4 N–H and O–H groups in total. The highest BCUT2D eigenvalue weighted by atomic mass is 16.5. The third-order valence-electron chi connectivity index (χ3n) is 9.82. The summed E-state index contributed by atoms with van der Waals surface area (Å²) in [7, 11) is 0. The number of morpholine rings is 1. The molecular formula is C30H48N8O3. The van der Waals surface area contributed by atoms with E-state index in [1.807, 2.05) is 0 Å². The van der Waals surface area contributed by atoms with Crippen LogP contribution in [0.4, 0.5) is 22.1 Å². The summed E-state index contributed by atoms with van der Waals surface area (Å²) < 4.78 is 6.20. The molecule has 3 atom stereocenters. The molecule has 1 aromatic heterocycles. The van der Waals surface area contributed by atoms with Crippen molar-refractivity contribution >= 4 is 36.0 Å². The lowest BCUT2D eigenvalue weighted by atomic mass is 9.80. The lowest BCUT2D eigenvalue weighted by molar-refractivity contribution is -0.0879. The van der Waals surface area contributed by atoms with Gasteiger partial charge in [-0.25, -0.2) is 19.8 Å². The number of nitrogens with one attached hydrogen (secondary N) is 3. The maximum Gasteiger partial charge on any atom is 0.410 e. The van der Waals surface area contributed by atoms with Gasteiger partial charge in [-0.1, -0.05) is 39.0 Å². The molecule has 2 heterocycles. The van der Waals surface area contributed by atoms with E-state index in [1.165, 1.54) is 57.8 Å². The molecule has 1 aromatic rings. The summed E-state index contributed by atoms with van der Waals surface area (Å²) in [4.78, 5) is 30.0. The quantitative estimate of drug-likeness (QED) is 0.222. The Labute approximate surface area is 244 Å². The van der Waals surface area contributed by atoms with E-state index in [-0.39, 0.29) is 23.8 Å². The van der Waals surface area contributed by atoms with Gasteiger partial charge in [-0.05, 0) is 69.9 Å². The summed E-state index contributed by atoms with van der Waals surface area (Å²) in [5, 5.41) is 23.3. The van der Waals surface area contributed by atoms with Gasteiger partial charge in [0.05, 0.1) is 19.4 Å². The number of fused-ring (bicyclic) bond motifs is 1. The van der Waals surface area contributed by atoms with Crippen molar-refractivity contribution in [2.45, 2.75) is 103 Å². The molecule has 3 aliphatic carbocycles. The van der Waals surface area contributed by atoms with E-state index in [9.17, 15) is 9.90 Å². The molecule has 1 aliphatic heterocycles. The van der Waals surface area contributed by atoms with Crippen molar-refractivity contribution in [3.8, 4) is 0 Å². The molecule has 226 valence electrons. The number of carbonyl (C=O) groups is 1. The van der Waals surface area contributed by atoms with Crippen molar-refractivity contribution in [1.82, 2.24) is 20.2 Å². The van der Waals surface area contributed by atoms with Crippen LogP contribution >= 0.6 is 0 Å². The summed E-state index contributed by atoms with van der Waals surface area (Å²) in [6, 6.07) is 0.568. The third kappa shape index (κ3) is 7.17. The van der Waals surface area contributed by atoms with Gasteiger partial charge >= 0.3 is 6.09 Å². The Kier molecular flexibility index (Phi) is 9.75. The molecule has 3 saturated carbocycles. The lowest BCUT2D eigenvalue weighted by Crippen LogP contribution is -2.56. The number of carboxylic acid groups (broad SMARTS) is 1. The molecule has 11 nitrogen and oxygen atoms in total. The Morgan fingerprint density at radius 2 is 1.93 bits per heavy atom. The van der Waals surface area contributed by atoms with Gasteiger partial charge in [-0.3, -0.25) is 15.6 Å². The Balaban J connectivity index is 1.52. The van der Waals surface area contributed by atoms with E-state index in [0.29, 0.717) is 29.5 Å². The highest BCUT2D eigenvalue weighted by molar-refractivity contribution is 6.02. The second-order valence-corrected chi connectivity index (χ2v) is 12.7. The topological polar surface area (TPSA) is 139 Å². The first kappa shape index (κ1) is 29.7. The number of amidine groups is 1. The smallest absolute Gasteiger partial charge is 0.410 e. The SMILES string of the molecule is C=Nc1nc(C(=N)NC(=O)O)nc(N[C@H](C)C2CCC2)c1N(CC1CCC(C)CC1)CN1CCOC2CCCCC21. The van der Waals surface area contributed by atoms with Crippen LogP contribution in [0.15, 0.2) is 4.99 Å². The minimum atomic E-state index is -1.32. The number of hydrogen-bond acceptors (Lipinski definition) is 9. The fraction of sp³-hybridized carbons (Fsp3) is 0.767. The first-order valence-corrected chi connectivity index (χ1v) is 15.7. The van der Waals surface area contributed by atoms with Crippen LogP contribution in [0.5, 0.6) is 0 Å². The molecule has 0 spiro atoms. The molecular weight excluding hydrogens is 520 g/mol. The fourth-order valence-electron chi connectivity index (χ4n) is 7.11. The maximum absolute atomic E-state index is 11.3. The molecule has 0 aromatic carbocycles. The van der Waals surface area contributed by atoms with E-state index in [2.05, 4.69) is 51.0 Å². The first-order chi connectivity index (χ1) is 19.8. The van der Waals surface area contributed by atoms with Gasteiger partial charge in [0.25, 0.3) is 0 Å². The van der Waals surface area contributed by atoms with E-state index in [4.69, 9.17) is 15.1 Å². The normalized spacial score (nSPS) is 27.7. The largest absolute Gasteiger partial charge is 0.465 e. The van der Waals surface area contributed by atoms with Gasteiger partial charge in [-0.2, -0.15) is 0 Å². The standard InChI is InChI=1S/C30H48N8O3/c1-19-11-13-21(14-12-19)17-38(18-37-15-16-41-24-10-5-4-9-23(24)37)25-27(32-3)35-29(26(31)34-30(39)40)36-28(25)33-20(2)22-7-6-8-22/h19-24H,3-18H2,1-2H3,(H2,31,34)(H,39,40)(H,33,35,36)/t19?,20-,21?,23?,24?/m1/s1. The van der Waals surface area contributed by atoms with Crippen LogP contribution in [0.25, 0.3) is 0 Å². The average Bonchev–Trinajstić information content (AvgIpc) is 2.92. The van der Waals surface area contributed by atoms with Gasteiger partial charge in [0.1, 0.15) is 5.69 Å². The number of hydrogen-bond donors (Lipinski definition) is 4. The van der Waals surface area contributed by atoms with Gasteiger partial charge in [-0.15, -0.1) is 0 Å². The molecule has 2 unspecified atom stereocenters. The lowest BCUT2D eigenvalue weighted by Gasteiger charge is -2.46. The monoisotopic (exact) mass is 568 g/mol. The number of aliphatic imine (C=N–C) groups is 1. The van der Waals surface area contributed by atoms with Crippen molar-refractivity contribution in [2.24, 2.45) is 22.7 Å². The number of amides is 1. The summed E-state index contributed by atoms with van der Waals surface area (Å²) in [5.74, 6) is 2.47. The number of aromatic nitrogens is 2. The van der Waals surface area contributed by atoms with Crippen LogP contribution < -0.4 is 15.5 Å². The molecule has 4 fully saturated rings. The van der Waals surface area contributed by atoms with Gasteiger partial charge < -0.3 is 20.1 Å². The van der Waals surface area contributed by atoms with Crippen molar-refractivity contribution < 1.29 is 14.6 Å². The zero-order valence-electron chi connectivity index (χ0n) is 24.8. The Bertz CT molecular complexity index is 1090. The summed E-state index contributed by atoms with van der Waals surface area (Å²) in [6.07, 6.45) is 12.1. The predicted octanol–water partition coefficient (Wildman–Crippen LogP) is 5.24. The number of ether oxygens (including phenoxy) is 1. The number of nitrogens with zero attached hydrogens (tertiary/aromatic N) is 5. The molecule has 4 aliphatic rings. The minimum absolute atomic E-state index is 0.00739. The van der Waals surface area contributed by atoms with E-state index in [0.717, 1.165) is 50.8 Å². The summed E-state index contributed by atoms with van der Waals surface area (Å²) >= 11 is 0. The second kappa shape index (κ2) is 13.5. The van der Waals surface area contributed by atoms with Crippen LogP contribution in [0.3, 0.4) is 0 Å². The molecule has 11 heteroatoms. The third-order valence-corrected chi connectivity index (χ3v) is 9.82. The Morgan fingerprint density at radius 3 is 2.61 bits per heavy atom. The summed E-state index contributed by atoms with van der Waals surface area (Å²) in [6.45, 7) is 11.6. The molecule has 0 radical (unpaired) electrons. The van der Waals surface area contributed by atoms with Gasteiger partial charge in [0, 0.05) is 25.2 Å². The number of anilines is 2. The van der Waals surface area contributed by atoms with Crippen molar-refractivity contribution in [1.29, 1.82) is 5.41 Å².